The fourth-order valence-electron chi connectivity index (χ4n) is 2.59. The van der Waals surface area contributed by atoms with Gasteiger partial charge in [-0.2, -0.15) is 0 Å². The van der Waals surface area contributed by atoms with Crippen LogP contribution in [0.3, 0.4) is 0 Å². The zero-order valence-corrected chi connectivity index (χ0v) is 10.7. The summed E-state index contributed by atoms with van der Waals surface area (Å²) in [5.74, 6) is 0. The van der Waals surface area contributed by atoms with Crippen molar-refractivity contribution < 1.29 is 0 Å². The maximum atomic E-state index is 5.62. The highest BCUT2D eigenvalue weighted by atomic mass is 15.0. The van der Waals surface area contributed by atoms with E-state index in [1.807, 2.05) is 12.1 Å². The first-order valence-electron chi connectivity index (χ1n) is 6.63. The normalized spacial score (nSPS) is 19.1. The Morgan fingerprint density at radius 1 is 1.29 bits per heavy atom. The molecular weight excluding hydrogens is 210 g/mol. The second-order valence-corrected chi connectivity index (χ2v) is 5.38. The van der Waals surface area contributed by atoms with Gasteiger partial charge in [0.1, 0.15) is 0 Å². The molecule has 3 heteroatoms. The maximum absolute atomic E-state index is 5.62. The molecule has 0 radical (unpaired) electrons. The smallest absolute Gasteiger partial charge is 0.0501 e. The summed E-state index contributed by atoms with van der Waals surface area (Å²) in [6.07, 6.45) is 9.46. The van der Waals surface area contributed by atoms with Gasteiger partial charge in [0, 0.05) is 24.2 Å². The molecule has 1 aromatic rings. The van der Waals surface area contributed by atoms with Crippen LogP contribution in [0, 0.1) is 0 Å². The number of nitrogens with zero attached hydrogens (tertiary/aromatic N) is 1. The Bertz CT molecular complexity index is 339. The van der Waals surface area contributed by atoms with Gasteiger partial charge in [-0.25, -0.2) is 0 Å². The van der Waals surface area contributed by atoms with Gasteiger partial charge in [0.05, 0.1) is 11.9 Å². The van der Waals surface area contributed by atoms with Crippen molar-refractivity contribution >= 4 is 5.69 Å². The van der Waals surface area contributed by atoms with Gasteiger partial charge in [-0.15, -0.1) is 0 Å². The molecule has 1 aromatic heterocycles. The molecule has 0 spiro atoms. The highest BCUT2D eigenvalue weighted by molar-refractivity contribution is 5.34. The average Bonchev–Trinajstić information content (AvgIpc) is 2.32. The van der Waals surface area contributed by atoms with Crippen molar-refractivity contribution in [3.8, 4) is 0 Å². The highest BCUT2D eigenvalue weighted by Crippen LogP contribution is 2.27. The minimum Gasteiger partial charge on any atom is -0.397 e. The number of pyridine rings is 1. The average molecular weight is 233 g/mol. The molecule has 0 atom stereocenters. The van der Waals surface area contributed by atoms with Crippen molar-refractivity contribution in [3.05, 3.63) is 24.0 Å². The Kier molecular flexibility index (Phi) is 4.00. The highest BCUT2D eigenvalue weighted by Gasteiger charge is 2.25. The fraction of sp³-hybridized carbons (Fsp3) is 0.643. The maximum Gasteiger partial charge on any atom is 0.0501 e. The van der Waals surface area contributed by atoms with Crippen molar-refractivity contribution in [1.29, 1.82) is 0 Å². The third-order valence-corrected chi connectivity index (χ3v) is 3.74. The molecule has 1 aliphatic carbocycles. The lowest BCUT2D eigenvalue weighted by atomic mass is 9.83. The predicted molar refractivity (Wildman–Crippen MR) is 71.8 cm³/mol. The quantitative estimate of drug-likeness (QED) is 0.840. The largest absolute Gasteiger partial charge is 0.397 e. The van der Waals surface area contributed by atoms with Crippen LogP contribution < -0.4 is 11.1 Å². The third kappa shape index (κ3) is 3.70. The first-order chi connectivity index (χ1) is 8.18. The summed E-state index contributed by atoms with van der Waals surface area (Å²) in [7, 11) is 0. The number of hydrogen-bond acceptors (Lipinski definition) is 3. The van der Waals surface area contributed by atoms with E-state index in [9.17, 15) is 0 Å². The van der Waals surface area contributed by atoms with Gasteiger partial charge in [0.25, 0.3) is 0 Å². The number of hydrogen-bond donors (Lipinski definition) is 2. The van der Waals surface area contributed by atoms with Crippen molar-refractivity contribution in [2.24, 2.45) is 0 Å². The van der Waals surface area contributed by atoms with E-state index in [1.165, 1.54) is 32.1 Å². The summed E-state index contributed by atoms with van der Waals surface area (Å²) in [5.41, 5.74) is 7.82. The molecule has 3 N–H and O–H groups in total. The van der Waals surface area contributed by atoms with E-state index in [0.29, 0.717) is 5.54 Å². The first kappa shape index (κ1) is 12.4. The van der Waals surface area contributed by atoms with Crippen LogP contribution in [-0.4, -0.2) is 17.1 Å². The van der Waals surface area contributed by atoms with Crippen molar-refractivity contribution in [1.82, 2.24) is 10.3 Å². The second-order valence-electron chi connectivity index (χ2n) is 5.38. The Morgan fingerprint density at radius 3 is 2.71 bits per heavy atom. The van der Waals surface area contributed by atoms with Crippen LogP contribution in [0.1, 0.15) is 44.7 Å². The lowest BCUT2D eigenvalue weighted by molar-refractivity contribution is 0.256. The molecular formula is C14H23N3. The van der Waals surface area contributed by atoms with E-state index in [-0.39, 0.29) is 0 Å². The molecule has 17 heavy (non-hydrogen) atoms. The lowest BCUT2D eigenvalue weighted by Gasteiger charge is -2.34. The standard InChI is InChI=1S/C14H23N3/c1-14(8-3-2-4-9-14)17-10-7-13-6-5-12(15)11-16-13/h5-6,11,17H,2-4,7-10,15H2,1H3. The van der Waals surface area contributed by atoms with Crippen LogP contribution in [0.5, 0.6) is 0 Å². The molecule has 0 aromatic carbocycles. The molecule has 0 amide bonds. The van der Waals surface area contributed by atoms with E-state index >= 15 is 0 Å². The minimum atomic E-state index is 0.353. The summed E-state index contributed by atoms with van der Waals surface area (Å²) in [6.45, 7) is 3.36. The monoisotopic (exact) mass is 233 g/mol. The van der Waals surface area contributed by atoms with E-state index in [2.05, 4.69) is 17.2 Å². The summed E-state index contributed by atoms with van der Waals surface area (Å²) < 4.78 is 0. The zero-order chi connectivity index (χ0) is 12.1. The van der Waals surface area contributed by atoms with Gasteiger partial charge < -0.3 is 11.1 Å². The van der Waals surface area contributed by atoms with E-state index in [4.69, 9.17) is 5.73 Å². The van der Waals surface area contributed by atoms with Crippen LogP contribution in [-0.2, 0) is 6.42 Å². The predicted octanol–water partition coefficient (Wildman–Crippen LogP) is 2.52. The second kappa shape index (κ2) is 5.50. The third-order valence-electron chi connectivity index (χ3n) is 3.74. The van der Waals surface area contributed by atoms with Crippen molar-refractivity contribution in [2.75, 3.05) is 12.3 Å². The van der Waals surface area contributed by atoms with Crippen LogP contribution in [0.4, 0.5) is 5.69 Å². The van der Waals surface area contributed by atoms with Gasteiger partial charge in [0.15, 0.2) is 0 Å². The lowest BCUT2D eigenvalue weighted by Crippen LogP contribution is -2.44. The van der Waals surface area contributed by atoms with Gasteiger partial charge in [-0.3, -0.25) is 4.98 Å². The van der Waals surface area contributed by atoms with Gasteiger partial charge >= 0.3 is 0 Å². The van der Waals surface area contributed by atoms with Crippen molar-refractivity contribution in [3.63, 3.8) is 0 Å². The van der Waals surface area contributed by atoms with Crippen LogP contribution in [0.15, 0.2) is 18.3 Å². The molecule has 3 nitrogen and oxygen atoms in total. The number of aromatic nitrogens is 1. The first-order valence-corrected chi connectivity index (χ1v) is 6.63. The number of anilines is 1. The summed E-state index contributed by atoms with van der Waals surface area (Å²) in [4.78, 5) is 4.32. The fourth-order valence-corrected chi connectivity index (χ4v) is 2.59. The molecule has 1 heterocycles. The van der Waals surface area contributed by atoms with Crippen LogP contribution in [0.2, 0.25) is 0 Å². The molecule has 1 fully saturated rings. The Labute approximate surface area is 104 Å². The number of nitrogens with one attached hydrogen (secondary N) is 1. The summed E-state index contributed by atoms with van der Waals surface area (Å²) in [5, 5.41) is 3.69. The van der Waals surface area contributed by atoms with Crippen LogP contribution >= 0.6 is 0 Å². The topological polar surface area (TPSA) is 50.9 Å². The molecule has 0 saturated heterocycles. The van der Waals surface area contributed by atoms with E-state index in [1.54, 1.807) is 6.20 Å². The molecule has 0 aliphatic heterocycles. The van der Waals surface area contributed by atoms with Crippen molar-refractivity contribution in [2.45, 2.75) is 51.0 Å². The molecule has 1 aliphatic rings. The van der Waals surface area contributed by atoms with E-state index in [0.717, 1.165) is 24.3 Å². The molecule has 94 valence electrons. The zero-order valence-electron chi connectivity index (χ0n) is 10.7. The van der Waals surface area contributed by atoms with Gasteiger partial charge in [-0.05, 0) is 31.9 Å². The number of rotatable bonds is 4. The summed E-state index contributed by atoms with van der Waals surface area (Å²) in [6, 6.07) is 3.94. The Morgan fingerprint density at radius 2 is 2.06 bits per heavy atom. The summed E-state index contributed by atoms with van der Waals surface area (Å²) >= 11 is 0. The molecule has 1 saturated carbocycles. The Balaban J connectivity index is 1.77. The number of nitrogens with two attached hydrogens (primary N) is 1. The van der Waals surface area contributed by atoms with Gasteiger partial charge in [0.2, 0.25) is 0 Å². The molecule has 0 unspecified atom stereocenters. The molecule has 2 rings (SSSR count). The minimum absolute atomic E-state index is 0.353. The SMILES string of the molecule is CC1(NCCc2ccc(N)cn2)CCCCC1. The number of nitrogen functional groups attached to an aromatic ring is 1. The van der Waals surface area contributed by atoms with E-state index < -0.39 is 0 Å². The van der Waals surface area contributed by atoms with Crippen LogP contribution in [0.25, 0.3) is 0 Å². The Hall–Kier alpha value is -1.09. The molecule has 0 bridgehead atoms. The van der Waals surface area contributed by atoms with Gasteiger partial charge in [-0.1, -0.05) is 19.3 Å².